The predicted octanol–water partition coefficient (Wildman–Crippen LogP) is 5.65. The molecule has 0 aliphatic carbocycles. The van der Waals surface area contributed by atoms with Gasteiger partial charge in [0.05, 0.1) is 5.52 Å². The van der Waals surface area contributed by atoms with Crippen LogP contribution < -0.4 is 9.80 Å². The number of alkyl halides is 2. The van der Waals surface area contributed by atoms with E-state index in [9.17, 15) is 8.78 Å². The Hall–Kier alpha value is -2.69. The molecule has 0 unspecified atom stereocenters. The lowest BCUT2D eigenvalue weighted by Gasteiger charge is -2.26. The van der Waals surface area contributed by atoms with Crippen LogP contribution in [0.5, 0.6) is 0 Å². The Kier molecular flexibility index (Phi) is 4.41. The van der Waals surface area contributed by atoms with E-state index in [0.717, 1.165) is 29.8 Å². The summed E-state index contributed by atoms with van der Waals surface area (Å²) in [7, 11) is 0. The van der Waals surface area contributed by atoms with Crippen LogP contribution in [-0.2, 0) is 12.5 Å². The molecule has 0 N–H and O–H groups in total. The van der Waals surface area contributed by atoms with E-state index in [2.05, 4.69) is 30.0 Å². The SMILES string of the molecule is Cc1ccc2nc(N3CCC(F)(F)c4ccccc4C3)cc(N3CCCC3)c2c1. The van der Waals surface area contributed by atoms with E-state index in [-0.39, 0.29) is 18.5 Å². The first-order valence-electron chi connectivity index (χ1n) is 10.4. The topological polar surface area (TPSA) is 19.4 Å². The van der Waals surface area contributed by atoms with Crippen molar-refractivity contribution >= 4 is 22.4 Å². The molecule has 0 radical (unpaired) electrons. The van der Waals surface area contributed by atoms with Gasteiger partial charge in [-0.3, -0.25) is 0 Å². The fraction of sp³-hybridized carbons (Fsp3) is 0.375. The normalized spacial score (nSPS) is 18.7. The summed E-state index contributed by atoms with van der Waals surface area (Å²) in [5.41, 5.74) is 4.15. The van der Waals surface area contributed by atoms with Gasteiger partial charge in [0.25, 0.3) is 5.92 Å². The van der Waals surface area contributed by atoms with Crippen LogP contribution in [0.4, 0.5) is 20.3 Å². The van der Waals surface area contributed by atoms with Crippen LogP contribution in [0.1, 0.15) is 36.0 Å². The maximum absolute atomic E-state index is 14.7. The molecule has 0 amide bonds. The number of aromatic nitrogens is 1. The fourth-order valence-electron chi connectivity index (χ4n) is 4.60. The quantitative estimate of drug-likeness (QED) is 0.561. The summed E-state index contributed by atoms with van der Waals surface area (Å²) in [5, 5.41) is 1.15. The first kappa shape index (κ1) is 18.3. The molecule has 2 aliphatic rings. The van der Waals surface area contributed by atoms with E-state index in [1.807, 2.05) is 23.1 Å². The Labute approximate surface area is 170 Å². The first-order chi connectivity index (χ1) is 14.0. The standard InChI is InChI=1S/C24H25F2N3/c1-17-8-9-21-19(14-17)22(28-11-4-5-12-28)15-23(27-21)29-13-10-24(25,26)20-7-3-2-6-18(20)16-29/h2-3,6-9,14-15H,4-5,10-13,16H2,1H3. The molecule has 0 atom stereocenters. The van der Waals surface area contributed by atoms with Crippen LogP contribution in [-0.4, -0.2) is 24.6 Å². The van der Waals surface area contributed by atoms with E-state index in [4.69, 9.17) is 4.98 Å². The van der Waals surface area contributed by atoms with Gasteiger partial charge < -0.3 is 9.80 Å². The summed E-state index contributed by atoms with van der Waals surface area (Å²) < 4.78 is 29.4. The van der Waals surface area contributed by atoms with Crippen molar-refractivity contribution in [3.63, 3.8) is 0 Å². The lowest BCUT2D eigenvalue weighted by Crippen LogP contribution is -2.26. The minimum Gasteiger partial charge on any atom is -0.371 e. The van der Waals surface area contributed by atoms with Crippen LogP contribution in [0, 0.1) is 6.92 Å². The van der Waals surface area contributed by atoms with Gasteiger partial charge in [0.2, 0.25) is 0 Å². The Balaban J connectivity index is 1.61. The second-order valence-electron chi connectivity index (χ2n) is 8.25. The van der Waals surface area contributed by atoms with Crippen molar-refractivity contribution in [2.75, 3.05) is 29.4 Å². The molecule has 29 heavy (non-hydrogen) atoms. The van der Waals surface area contributed by atoms with Gasteiger partial charge in [0.15, 0.2) is 0 Å². The van der Waals surface area contributed by atoms with E-state index in [1.165, 1.54) is 24.1 Å². The van der Waals surface area contributed by atoms with Gasteiger partial charge in [-0.05, 0) is 37.5 Å². The summed E-state index contributed by atoms with van der Waals surface area (Å²) >= 11 is 0. The highest BCUT2D eigenvalue weighted by Crippen LogP contribution is 2.39. The second kappa shape index (κ2) is 6.97. The number of hydrogen-bond acceptors (Lipinski definition) is 3. The number of hydrogen-bond donors (Lipinski definition) is 0. The van der Waals surface area contributed by atoms with Gasteiger partial charge in [0.1, 0.15) is 5.82 Å². The Bertz CT molecular complexity index is 1060. The third-order valence-corrected chi connectivity index (χ3v) is 6.17. The largest absolute Gasteiger partial charge is 0.371 e. The lowest BCUT2D eigenvalue weighted by molar-refractivity contribution is -0.00967. The number of aryl methyl sites for hydroxylation is 1. The minimum atomic E-state index is -2.81. The maximum atomic E-state index is 14.7. The molecule has 150 valence electrons. The minimum absolute atomic E-state index is 0.152. The van der Waals surface area contributed by atoms with Crippen molar-refractivity contribution in [1.29, 1.82) is 0 Å². The van der Waals surface area contributed by atoms with Crippen LogP contribution >= 0.6 is 0 Å². The molecule has 0 bridgehead atoms. The summed E-state index contributed by atoms with van der Waals surface area (Å²) in [6.07, 6.45) is 2.18. The molecule has 3 heterocycles. The van der Waals surface area contributed by atoms with Crippen molar-refractivity contribution < 1.29 is 8.78 Å². The average Bonchev–Trinajstić information content (AvgIpc) is 3.21. The molecular formula is C24H25F2N3. The van der Waals surface area contributed by atoms with Crippen molar-refractivity contribution in [1.82, 2.24) is 4.98 Å². The number of benzene rings is 2. The molecule has 3 nitrogen and oxygen atoms in total. The molecule has 5 heteroatoms. The van der Waals surface area contributed by atoms with Crippen LogP contribution in [0.3, 0.4) is 0 Å². The van der Waals surface area contributed by atoms with Gasteiger partial charge in [-0.25, -0.2) is 13.8 Å². The van der Waals surface area contributed by atoms with E-state index >= 15 is 0 Å². The van der Waals surface area contributed by atoms with Crippen molar-refractivity contribution in [3.05, 3.63) is 65.2 Å². The van der Waals surface area contributed by atoms with Crippen molar-refractivity contribution in [3.8, 4) is 0 Å². The summed E-state index contributed by atoms with van der Waals surface area (Å²) in [6, 6.07) is 15.3. The van der Waals surface area contributed by atoms with Crippen LogP contribution in [0.25, 0.3) is 10.9 Å². The molecule has 0 spiro atoms. The van der Waals surface area contributed by atoms with Gasteiger partial charge in [-0.15, -0.1) is 0 Å². The van der Waals surface area contributed by atoms with Crippen molar-refractivity contribution in [2.24, 2.45) is 0 Å². The fourth-order valence-corrected chi connectivity index (χ4v) is 4.60. The number of nitrogens with zero attached hydrogens (tertiary/aromatic N) is 3. The predicted molar refractivity (Wildman–Crippen MR) is 114 cm³/mol. The van der Waals surface area contributed by atoms with Gasteiger partial charge >= 0.3 is 0 Å². The van der Waals surface area contributed by atoms with Crippen LogP contribution in [0.15, 0.2) is 48.5 Å². The number of fused-ring (bicyclic) bond motifs is 2. The molecule has 2 aromatic carbocycles. The molecular weight excluding hydrogens is 368 g/mol. The number of halogens is 2. The number of rotatable bonds is 2. The highest BCUT2D eigenvalue weighted by atomic mass is 19.3. The lowest BCUT2D eigenvalue weighted by atomic mass is 10.0. The van der Waals surface area contributed by atoms with Gasteiger partial charge in [-0.2, -0.15) is 0 Å². The molecule has 1 saturated heterocycles. The molecule has 1 fully saturated rings. The van der Waals surface area contributed by atoms with E-state index in [1.54, 1.807) is 12.1 Å². The second-order valence-corrected chi connectivity index (χ2v) is 8.25. The number of anilines is 2. The van der Waals surface area contributed by atoms with Crippen LogP contribution in [0.2, 0.25) is 0 Å². The molecule has 0 saturated carbocycles. The zero-order valence-corrected chi connectivity index (χ0v) is 16.7. The third kappa shape index (κ3) is 3.33. The Morgan fingerprint density at radius 2 is 1.72 bits per heavy atom. The van der Waals surface area contributed by atoms with E-state index < -0.39 is 5.92 Å². The Morgan fingerprint density at radius 3 is 2.55 bits per heavy atom. The summed E-state index contributed by atoms with van der Waals surface area (Å²) in [6.45, 7) is 4.90. The smallest absolute Gasteiger partial charge is 0.275 e. The average molecular weight is 393 g/mol. The highest BCUT2D eigenvalue weighted by molar-refractivity contribution is 5.94. The summed E-state index contributed by atoms with van der Waals surface area (Å²) in [4.78, 5) is 9.31. The van der Waals surface area contributed by atoms with Gasteiger partial charge in [-0.1, -0.05) is 35.9 Å². The summed E-state index contributed by atoms with van der Waals surface area (Å²) in [5.74, 6) is -2.02. The monoisotopic (exact) mass is 393 g/mol. The van der Waals surface area contributed by atoms with E-state index in [0.29, 0.717) is 12.1 Å². The molecule has 3 aromatic rings. The maximum Gasteiger partial charge on any atom is 0.275 e. The third-order valence-electron chi connectivity index (χ3n) is 6.17. The zero-order valence-electron chi connectivity index (χ0n) is 16.7. The molecule has 5 rings (SSSR count). The highest BCUT2D eigenvalue weighted by Gasteiger charge is 2.37. The van der Waals surface area contributed by atoms with Gasteiger partial charge in [0, 0.05) is 55.3 Å². The first-order valence-corrected chi connectivity index (χ1v) is 10.4. The number of pyridine rings is 1. The zero-order chi connectivity index (χ0) is 20.0. The molecule has 1 aromatic heterocycles. The molecule has 2 aliphatic heterocycles. The van der Waals surface area contributed by atoms with Crippen molar-refractivity contribution in [2.45, 2.75) is 38.7 Å². The Morgan fingerprint density at radius 1 is 0.931 bits per heavy atom.